The number of carbonyl (C=O) groups excluding carboxylic acids is 3. The molecule has 0 bridgehead atoms. The van der Waals surface area contributed by atoms with Gasteiger partial charge in [0.1, 0.15) is 0 Å². The number of thiophene rings is 1. The molecule has 0 radical (unpaired) electrons. The summed E-state index contributed by atoms with van der Waals surface area (Å²) in [5.74, 6) is -0.350. The molecule has 0 spiro atoms. The summed E-state index contributed by atoms with van der Waals surface area (Å²) in [7, 11) is 0. The summed E-state index contributed by atoms with van der Waals surface area (Å²) in [5.41, 5.74) is 2.06. The van der Waals surface area contributed by atoms with E-state index in [1.54, 1.807) is 23.1 Å². The zero-order valence-electron chi connectivity index (χ0n) is 15.7. The summed E-state index contributed by atoms with van der Waals surface area (Å²) in [5, 5.41) is 5.76. The number of nitrogens with one attached hydrogen (secondary N) is 2. The van der Waals surface area contributed by atoms with Gasteiger partial charge < -0.3 is 15.5 Å². The largest absolute Gasteiger partial charge is 0.352 e. The molecule has 6 nitrogen and oxygen atoms in total. The van der Waals surface area contributed by atoms with Crippen LogP contribution in [0.15, 0.2) is 30.3 Å². The predicted octanol–water partition coefficient (Wildman–Crippen LogP) is 2.97. The molecule has 1 saturated heterocycles. The molecule has 1 unspecified atom stereocenters. The van der Waals surface area contributed by atoms with E-state index in [2.05, 4.69) is 10.6 Å². The normalized spacial score (nSPS) is 16.3. The quantitative estimate of drug-likeness (QED) is 0.849. The van der Waals surface area contributed by atoms with Gasteiger partial charge in [-0.3, -0.25) is 14.4 Å². The Hall–Kier alpha value is -2.67. The number of amides is 3. The summed E-state index contributed by atoms with van der Waals surface area (Å²) in [6, 6.07) is 9.04. The number of benzene rings is 1. The standard InChI is InChI=1S/C20H23N3O3S/c1-12-4-6-15(20(26)23-9-8-16(11-23)21-14(3)24)10-17(12)22-19(25)18-7-5-13(2)27-18/h4-7,10,16H,8-9,11H2,1-3H3,(H,21,24)(H,22,25). The van der Waals surface area contributed by atoms with Gasteiger partial charge in [0.05, 0.1) is 4.88 Å². The van der Waals surface area contributed by atoms with Crippen LogP contribution in [0.4, 0.5) is 5.69 Å². The summed E-state index contributed by atoms with van der Waals surface area (Å²) >= 11 is 1.44. The zero-order valence-corrected chi connectivity index (χ0v) is 16.5. The van der Waals surface area contributed by atoms with Crippen molar-refractivity contribution in [2.45, 2.75) is 33.2 Å². The maximum Gasteiger partial charge on any atom is 0.265 e. The predicted molar refractivity (Wildman–Crippen MR) is 106 cm³/mol. The average molecular weight is 385 g/mol. The highest BCUT2D eigenvalue weighted by molar-refractivity contribution is 7.14. The van der Waals surface area contributed by atoms with Gasteiger partial charge in [-0.2, -0.15) is 0 Å². The van der Waals surface area contributed by atoms with Crippen LogP contribution in [-0.4, -0.2) is 41.8 Å². The van der Waals surface area contributed by atoms with Gasteiger partial charge in [-0.15, -0.1) is 11.3 Å². The van der Waals surface area contributed by atoms with Gasteiger partial charge in [0.15, 0.2) is 0 Å². The molecule has 2 N–H and O–H groups in total. The van der Waals surface area contributed by atoms with Crippen molar-refractivity contribution in [2.24, 2.45) is 0 Å². The lowest BCUT2D eigenvalue weighted by Gasteiger charge is -2.18. The van der Waals surface area contributed by atoms with Crippen molar-refractivity contribution in [1.29, 1.82) is 0 Å². The highest BCUT2D eigenvalue weighted by atomic mass is 32.1. The number of rotatable bonds is 4. The number of hydrogen-bond donors (Lipinski definition) is 2. The molecule has 1 aliphatic rings. The van der Waals surface area contributed by atoms with E-state index < -0.39 is 0 Å². The van der Waals surface area contributed by atoms with E-state index in [0.29, 0.717) is 29.2 Å². The molecule has 1 fully saturated rings. The Labute approximate surface area is 162 Å². The third-order valence-electron chi connectivity index (χ3n) is 4.58. The van der Waals surface area contributed by atoms with Crippen molar-refractivity contribution in [3.63, 3.8) is 0 Å². The zero-order chi connectivity index (χ0) is 19.6. The van der Waals surface area contributed by atoms with Crippen LogP contribution in [-0.2, 0) is 4.79 Å². The average Bonchev–Trinajstić information content (AvgIpc) is 3.25. The number of anilines is 1. The van der Waals surface area contributed by atoms with E-state index in [9.17, 15) is 14.4 Å². The molecule has 142 valence electrons. The third-order valence-corrected chi connectivity index (χ3v) is 5.58. The van der Waals surface area contributed by atoms with Crippen molar-refractivity contribution < 1.29 is 14.4 Å². The molecule has 27 heavy (non-hydrogen) atoms. The lowest BCUT2D eigenvalue weighted by Crippen LogP contribution is -2.37. The van der Waals surface area contributed by atoms with Crippen LogP contribution in [0.1, 0.15) is 43.8 Å². The number of hydrogen-bond acceptors (Lipinski definition) is 4. The Morgan fingerprint density at radius 1 is 1.15 bits per heavy atom. The fourth-order valence-electron chi connectivity index (χ4n) is 3.16. The highest BCUT2D eigenvalue weighted by Gasteiger charge is 2.27. The molecule has 7 heteroatoms. The van der Waals surface area contributed by atoms with E-state index in [1.807, 2.05) is 26.0 Å². The lowest BCUT2D eigenvalue weighted by atomic mass is 10.1. The fourth-order valence-corrected chi connectivity index (χ4v) is 3.93. The van der Waals surface area contributed by atoms with Crippen LogP contribution < -0.4 is 10.6 Å². The van der Waals surface area contributed by atoms with Gasteiger partial charge in [0, 0.05) is 42.2 Å². The fraction of sp³-hybridized carbons (Fsp3) is 0.350. The molecule has 0 aliphatic carbocycles. The first-order chi connectivity index (χ1) is 12.8. The van der Waals surface area contributed by atoms with Gasteiger partial charge in [0.25, 0.3) is 11.8 Å². The minimum absolute atomic E-state index is 0.00172. The van der Waals surface area contributed by atoms with Crippen LogP contribution in [0.2, 0.25) is 0 Å². The van der Waals surface area contributed by atoms with E-state index in [0.717, 1.165) is 16.9 Å². The second kappa shape index (κ2) is 7.92. The summed E-state index contributed by atoms with van der Waals surface area (Å²) < 4.78 is 0. The molecule has 2 aromatic rings. The van der Waals surface area contributed by atoms with E-state index in [-0.39, 0.29) is 23.8 Å². The van der Waals surface area contributed by atoms with E-state index in [4.69, 9.17) is 0 Å². The number of aryl methyl sites for hydroxylation is 2. The van der Waals surface area contributed by atoms with Crippen LogP contribution in [0.3, 0.4) is 0 Å². The Bertz CT molecular complexity index is 890. The SMILES string of the molecule is CC(=O)NC1CCN(C(=O)c2ccc(C)c(NC(=O)c3ccc(C)s3)c2)C1. The van der Waals surface area contributed by atoms with Crippen molar-refractivity contribution in [2.75, 3.05) is 18.4 Å². The van der Waals surface area contributed by atoms with E-state index in [1.165, 1.54) is 18.3 Å². The second-order valence-corrected chi connectivity index (χ2v) is 8.12. The first-order valence-corrected chi connectivity index (χ1v) is 9.70. The number of nitrogens with zero attached hydrogens (tertiary/aromatic N) is 1. The summed E-state index contributed by atoms with van der Waals surface area (Å²) in [4.78, 5) is 39.9. The first kappa shape index (κ1) is 19.1. The van der Waals surface area contributed by atoms with Gasteiger partial charge in [-0.1, -0.05) is 6.07 Å². The second-order valence-electron chi connectivity index (χ2n) is 6.83. The van der Waals surface area contributed by atoms with Crippen molar-refractivity contribution >= 4 is 34.7 Å². The Morgan fingerprint density at radius 2 is 1.93 bits per heavy atom. The molecule has 1 aromatic carbocycles. The van der Waals surface area contributed by atoms with Crippen LogP contribution in [0.5, 0.6) is 0 Å². The maximum absolute atomic E-state index is 12.8. The Kier molecular flexibility index (Phi) is 5.60. The number of carbonyl (C=O) groups is 3. The van der Waals surface area contributed by atoms with Gasteiger partial charge >= 0.3 is 0 Å². The lowest BCUT2D eigenvalue weighted by molar-refractivity contribution is -0.119. The van der Waals surface area contributed by atoms with Crippen LogP contribution >= 0.6 is 11.3 Å². The molecular weight excluding hydrogens is 362 g/mol. The third kappa shape index (κ3) is 4.54. The van der Waals surface area contributed by atoms with Crippen molar-refractivity contribution in [3.8, 4) is 0 Å². The molecule has 3 amide bonds. The Morgan fingerprint density at radius 3 is 2.59 bits per heavy atom. The van der Waals surface area contributed by atoms with E-state index >= 15 is 0 Å². The van der Waals surface area contributed by atoms with Gasteiger partial charge in [-0.25, -0.2) is 0 Å². The maximum atomic E-state index is 12.8. The molecule has 2 heterocycles. The molecule has 1 atom stereocenters. The van der Waals surface area contributed by atoms with Crippen molar-refractivity contribution in [3.05, 3.63) is 51.2 Å². The smallest absolute Gasteiger partial charge is 0.265 e. The molecule has 0 saturated carbocycles. The van der Waals surface area contributed by atoms with Gasteiger partial charge in [-0.05, 0) is 50.1 Å². The molecular formula is C20H23N3O3S. The monoisotopic (exact) mass is 385 g/mol. The minimum atomic E-state index is -0.173. The molecule has 1 aromatic heterocycles. The molecule has 3 rings (SSSR count). The number of likely N-dealkylation sites (tertiary alicyclic amines) is 1. The highest BCUT2D eigenvalue weighted by Crippen LogP contribution is 2.22. The minimum Gasteiger partial charge on any atom is -0.352 e. The molecule has 1 aliphatic heterocycles. The first-order valence-electron chi connectivity index (χ1n) is 8.88. The van der Waals surface area contributed by atoms with Crippen molar-refractivity contribution in [1.82, 2.24) is 10.2 Å². The summed E-state index contributed by atoms with van der Waals surface area (Å²) in [6.45, 7) is 6.44. The van der Waals surface area contributed by atoms with Crippen LogP contribution in [0, 0.1) is 13.8 Å². The Balaban J connectivity index is 1.72. The van der Waals surface area contributed by atoms with Gasteiger partial charge in [0.2, 0.25) is 5.91 Å². The summed E-state index contributed by atoms with van der Waals surface area (Å²) in [6.07, 6.45) is 0.749. The van der Waals surface area contributed by atoms with Crippen LogP contribution in [0.25, 0.3) is 0 Å². The topological polar surface area (TPSA) is 78.5 Å².